The maximum Gasteiger partial charge on any atom is 0.177 e. The summed E-state index contributed by atoms with van der Waals surface area (Å²) < 4.78 is 0. The quantitative estimate of drug-likeness (QED) is 0.102. The molecule has 50 heavy (non-hydrogen) atoms. The second kappa shape index (κ2) is 12.9. The van der Waals surface area contributed by atoms with E-state index in [1.165, 1.54) is 33.4 Å². The van der Waals surface area contributed by atoms with Crippen molar-refractivity contribution in [3.63, 3.8) is 0 Å². The Labute approximate surface area is 295 Å². The van der Waals surface area contributed by atoms with Crippen molar-refractivity contribution in [2.75, 3.05) is 0 Å². The van der Waals surface area contributed by atoms with Crippen LogP contribution in [0.3, 0.4) is 0 Å². The zero-order valence-corrected chi connectivity index (χ0v) is 29.2. The third-order valence-corrected chi connectivity index (χ3v) is 10.1. The predicted octanol–water partition coefficient (Wildman–Crippen LogP) is 11.8. The van der Waals surface area contributed by atoms with Gasteiger partial charge in [0.1, 0.15) is 11.2 Å². The molecule has 8 rings (SSSR count). The van der Waals surface area contributed by atoms with E-state index in [9.17, 15) is 0 Å². The van der Waals surface area contributed by atoms with Crippen LogP contribution < -0.4 is 9.78 Å². The van der Waals surface area contributed by atoms with Crippen LogP contribution in [-0.4, -0.2) is 11.2 Å². The summed E-state index contributed by atoms with van der Waals surface area (Å²) in [6, 6.07) is 46.7. The van der Waals surface area contributed by atoms with Gasteiger partial charge < -0.3 is 9.78 Å². The first-order chi connectivity index (χ1) is 24.3. The Morgan fingerprint density at radius 1 is 0.400 bits per heavy atom. The summed E-state index contributed by atoms with van der Waals surface area (Å²) in [5.74, 6) is 1.56. The number of benzene rings is 6. The van der Waals surface area contributed by atoms with Gasteiger partial charge in [-0.05, 0) is 97.2 Å². The van der Waals surface area contributed by atoms with E-state index in [0.29, 0.717) is 12.8 Å². The zero-order valence-electron chi connectivity index (χ0n) is 29.2. The van der Waals surface area contributed by atoms with Crippen molar-refractivity contribution in [2.24, 2.45) is 0 Å². The number of fused-ring (bicyclic) bond motifs is 6. The van der Waals surface area contributed by atoms with E-state index in [-0.39, 0.29) is 0 Å². The molecular formula is C46H42O4. The molecule has 0 saturated carbocycles. The zero-order chi connectivity index (χ0) is 34.3. The minimum absolute atomic E-state index is 0.604. The van der Waals surface area contributed by atoms with Gasteiger partial charge in [-0.3, -0.25) is 0 Å². The van der Waals surface area contributed by atoms with Crippen LogP contribution in [0.1, 0.15) is 62.8 Å². The van der Waals surface area contributed by atoms with Crippen LogP contribution in [-0.2, 0) is 22.6 Å². The number of rotatable bonds is 11. The van der Waals surface area contributed by atoms with Gasteiger partial charge in [0.15, 0.2) is 11.5 Å². The fraction of sp³-hybridized carbons (Fsp3) is 0.217. The molecule has 0 spiro atoms. The van der Waals surface area contributed by atoms with E-state index in [0.717, 1.165) is 57.7 Å². The van der Waals surface area contributed by atoms with Gasteiger partial charge >= 0.3 is 0 Å². The van der Waals surface area contributed by atoms with Crippen molar-refractivity contribution in [2.45, 2.75) is 64.6 Å². The van der Waals surface area contributed by atoms with Crippen LogP contribution >= 0.6 is 0 Å². The van der Waals surface area contributed by atoms with Gasteiger partial charge in [-0.1, -0.05) is 121 Å². The maximum absolute atomic E-state index is 6.40. The van der Waals surface area contributed by atoms with Crippen molar-refractivity contribution < 1.29 is 19.6 Å². The Morgan fingerprint density at radius 2 is 0.760 bits per heavy atom. The van der Waals surface area contributed by atoms with Gasteiger partial charge in [0.05, 0.1) is 0 Å². The Balaban J connectivity index is 0.995. The molecule has 0 amide bonds. The van der Waals surface area contributed by atoms with Gasteiger partial charge in [0.25, 0.3) is 0 Å². The molecule has 2 aliphatic carbocycles. The summed E-state index contributed by atoms with van der Waals surface area (Å²) in [6.07, 6.45) is 2.98. The molecule has 0 fully saturated rings. The van der Waals surface area contributed by atoms with Crippen molar-refractivity contribution in [1.29, 1.82) is 0 Å². The first-order valence-electron chi connectivity index (χ1n) is 17.6. The molecule has 4 nitrogen and oxygen atoms in total. The lowest BCUT2D eigenvalue weighted by molar-refractivity contribution is -0.301. The fourth-order valence-electron chi connectivity index (χ4n) is 7.24. The third-order valence-electron chi connectivity index (χ3n) is 10.1. The molecule has 0 aliphatic heterocycles. The van der Waals surface area contributed by atoms with Crippen LogP contribution in [0.2, 0.25) is 0 Å². The molecule has 0 unspecified atom stereocenters. The first kappa shape index (κ1) is 32.1. The van der Waals surface area contributed by atoms with E-state index in [2.05, 4.69) is 149 Å². The minimum atomic E-state index is -0.604. The summed E-state index contributed by atoms with van der Waals surface area (Å²) in [4.78, 5) is 25.5. The molecular weight excluding hydrogens is 617 g/mol. The molecule has 2 aliphatic rings. The largest absolute Gasteiger partial charge is 0.336 e. The third kappa shape index (κ3) is 6.22. The average molecular weight is 659 g/mol. The van der Waals surface area contributed by atoms with E-state index in [1.807, 2.05) is 12.1 Å². The summed E-state index contributed by atoms with van der Waals surface area (Å²) in [6.45, 7) is 8.27. The van der Waals surface area contributed by atoms with Crippen LogP contribution in [0.25, 0.3) is 44.5 Å². The maximum atomic E-state index is 6.40. The SMILES string of the molecule is CC(C)(CCC(C)(C)OOc1c(-c2ccccc2)ccc2c1Cc1ccccc1-2)OOc1c(-c2ccccc2)ccc2c1Cc1ccccc1-2. The van der Waals surface area contributed by atoms with Crippen LogP contribution in [0, 0.1) is 0 Å². The molecule has 0 radical (unpaired) electrons. The Bertz CT molecular complexity index is 2010. The Hall–Kier alpha value is -5.16. The first-order valence-corrected chi connectivity index (χ1v) is 17.6. The van der Waals surface area contributed by atoms with E-state index in [1.54, 1.807) is 0 Å². The van der Waals surface area contributed by atoms with Crippen LogP contribution in [0.4, 0.5) is 0 Å². The van der Waals surface area contributed by atoms with Gasteiger partial charge in [0, 0.05) is 35.1 Å². The average Bonchev–Trinajstić information content (AvgIpc) is 3.72. The lowest BCUT2D eigenvalue weighted by atomic mass is 9.94. The Morgan fingerprint density at radius 3 is 1.18 bits per heavy atom. The molecule has 6 aromatic rings. The topological polar surface area (TPSA) is 36.9 Å². The van der Waals surface area contributed by atoms with Gasteiger partial charge in [-0.25, -0.2) is 0 Å². The van der Waals surface area contributed by atoms with Gasteiger partial charge in [-0.15, -0.1) is 0 Å². The van der Waals surface area contributed by atoms with Crippen molar-refractivity contribution in [1.82, 2.24) is 0 Å². The molecule has 0 N–H and O–H groups in total. The fourth-order valence-corrected chi connectivity index (χ4v) is 7.24. The van der Waals surface area contributed by atoms with E-state index in [4.69, 9.17) is 19.6 Å². The van der Waals surface area contributed by atoms with Crippen molar-refractivity contribution in [3.05, 3.63) is 156 Å². The highest BCUT2D eigenvalue weighted by Crippen LogP contribution is 2.48. The predicted molar refractivity (Wildman–Crippen MR) is 201 cm³/mol. The molecule has 250 valence electrons. The summed E-state index contributed by atoms with van der Waals surface area (Å²) in [5, 5.41) is 0. The molecule has 4 heteroatoms. The van der Waals surface area contributed by atoms with Crippen molar-refractivity contribution >= 4 is 0 Å². The highest BCUT2D eigenvalue weighted by molar-refractivity contribution is 5.86. The smallest absolute Gasteiger partial charge is 0.177 e. The van der Waals surface area contributed by atoms with E-state index >= 15 is 0 Å². The molecule has 0 bridgehead atoms. The summed E-state index contributed by atoms with van der Waals surface area (Å²) in [7, 11) is 0. The molecule has 0 atom stereocenters. The van der Waals surface area contributed by atoms with Crippen LogP contribution in [0.15, 0.2) is 133 Å². The molecule has 0 heterocycles. The summed E-state index contributed by atoms with van der Waals surface area (Å²) >= 11 is 0. The van der Waals surface area contributed by atoms with Gasteiger partial charge in [-0.2, -0.15) is 9.78 Å². The number of hydrogen-bond acceptors (Lipinski definition) is 4. The molecule has 0 aromatic heterocycles. The standard InChI is InChI=1S/C46H42O4/c1-45(2,49-47-43-37(31-15-7-5-8-16-31)23-25-39-35-21-13-11-19-33(35)29-41(39)43)27-28-46(3,4)50-48-44-38(32-17-9-6-10-18-32)24-26-40-36-22-14-12-20-34(36)30-42(40)44/h5-26H,27-30H2,1-4H3. The molecule has 0 saturated heterocycles. The van der Waals surface area contributed by atoms with E-state index < -0.39 is 11.2 Å². The normalized spacial score (nSPS) is 13.0. The lowest BCUT2D eigenvalue weighted by Crippen LogP contribution is -2.33. The second-order valence-electron chi connectivity index (χ2n) is 14.7. The highest BCUT2D eigenvalue weighted by atomic mass is 17.2. The van der Waals surface area contributed by atoms with Crippen LogP contribution in [0.5, 0.6) is 11.5 Å². The Kier molecular flexibility index (Phi) is 8.30. The molecule has 6 aromatic carbocycles. The monoisotopic (exact) mass is 658 g/mol. The minimum Gasteiger partial charge on any atom is -0.336 e. The van der Waals surface area contributed by atoms with Crippen molar-refractivity contribution in [3.8, 4) is 56.0 Å². The number of hydrogen-bond donors (Lipinski definition) is 0. The second-order valence-corrected chi connectivity index (χ2v) is 14.7. The summed E-state index contributed by atoms with van der Waals surface area (Å²) in [5.41, 5.74) is 12.9. The van der Waals surface area contributed by atoms with Gasteiger partial charge in [0.2, 0.25) is 0 Å². The lowest BCUT2D eigenvalue weighted by Gasteiger charge is -2.30. The highest BCUT2D eigenvalue weighted by Gasteiger charge is 2.32.